The molecule has 98 valence electrons. The Balaban J connectivity index is 1.81. The molecule has 1 spiro atoms. The van der Waals surface area contributed by atoms with Crippen LogP contribution in [0.5, 0.6) is 0 Å². The van der Waals surface area contributed by atoms with Crippen LogP contribution in [0.1, 0.15) is 32.1 Å². The summed E-state index contributed by atoms with van der Waals surface area (Å²) in [5.74, 6) is 0.737. The molecule has 1 aliphatic carbocycles. The first-order chi connectivity index (χ1) is 8.66. The highest BCUT2D eigenvalue weighted by Crippen LogP contribution is 2.54. The van der Waals surface area contributed by atoms with E-state index in [1.54, 1.807) is 0 Å². The van der Waals surface area contributed by atoms with Crippen LogP contribution in [-0.2, 0) is 4.79 Å². The quantitative estimate of drug-likeness (QED) is 0.481. The average molecular weight is 248 g/mol. The van der Waals surface area contributed by atoms with E-state index in [1.165, 1.54) is 6.42 Å². The van der Waals surface area contributed by atoms with Gasteiger partial charge in [-0.25, -0.2) is 0 Å². The van der Waals surface area contributed by atoms with Crippen molar-refractivity contribution in [3.05, 3.63) is 17.5 Å². The molecule has 4 aliphatic rings. The van der Waals surface area contributed by atoms with Crippen LogP contribution in [0, 0.1) is 11.1 Å². The van der Waals surface area contributed by atoms with Gasteiger partial charge in [-0.1, -0.05) is 6.42 Å². The lowest BCUT2D eigenvalue weighted by molar-refractivity contribution is -0.893. The number of quaternary nitrogens is 1. The zero-order chi connectivity index (χ0) is 12.4. The van der Waals surface area contributed by atoms with Crippen molar-refractivity contribution in [1.29, 1.82) is 0 Å². The molecule has 0 aromatic carbocycles. The predicted octanol–water partition coefficient (Wildman–Crippen LogP) is 1.41. The standard InChI is InChI=1S/C14H20N2O2/c17-12-9-13-14-5-2-1-3-11(14)4-7-16(14,18)8-6-15(13)10-12/h4,7,11,13H,1-3,5-6,8-10H2. The molecule has 1 saturated carbocycles. The summed E-state index contributed by atoms with van der Waals surface area (Å²) < 4.78 is -0.147. The fourth-order valence-electron chi connectivity index (χ4n) is 5.02. The first kappa shape index (κ1) is 11.1. The SMILES string of the molecule is O=C1CC2N(CC[N+]3([O-])C=CC4CCCCC423)C1. The molecule has 4 nitrogen and oxygen atoms in total. The summed E-state index contributed by atoms with van der Waals surface area (Å²) in [6.45, 7) is 2.01. The lowest BCUT2D eigenvalue weighted by Crippen LogP contribution is -2.73. The van der Waals surface area contributed by atoms with Gasteiger partial charge < -0.3 is 9.85 Å². The zero-order valence-corrected chi connectivity index (χ0v) is 10.7. The zero-order valence-electron chi connectivity index (χ0n) is 10.7. The van der Waals surface area contributed by atoms with E-state index in [0.29, 0.717) is 31.2 Å². The Hall–Kier alpha value is -0.710. The largest absolute Gasteiger partial charge is 0.627 e. The summed E-state index contributed by atoms with van der Waals surface area (Å²) in [4.78, 5) is 14.1. The number of hydrogen-bond donors (Lipinski definition) is 0. The molecule has 4 rings (SSSR count). The fourth-order valence-corrected chi connectivity index (χ4v) is 5.02. The van der Waals surface area contributed by atoms with Crippen LogP contribution in [-0.4, -0.2) is 46.5 Å². The molecule has 3 fully saturated rings. The normalized spacial score (nSPS) is 51.1. The van der Waals surface area contributed by atoms with Crippen LogP contribution in [0.25, 0.3) is 0 Å². The molecular formula is C14H20N2O2. The second-order valence-corrected chi connectivity index (χ2v) is 6.43. The van der Waals surface area contributed by atoms with Gasteiger partial charge in [-0.15, -0.1) is 0 Å². The van der Waals surface area contributed by atoms with E-state index in [1.807, 2.05) is 6.20 Å². The summed E-state index contributed by atoms with van der Waals surface area (Å²) in [6.07, 6.45) is 9.20. The minimum atomic E-state index is -0.220. The fraction of sp³-hybridized carbons (Fsp3) is 0.786. The number of ketones is 1. The van der Waals surface area contributed by atoms with Gasteiger partial charge in [0.2, 0.25) is 0 Å². The van der Waals surface area contributed by atoms with Crippen molar-refractivity contribution < 1.29 is 9.44 Å². The molecule has 2 saturated heterocycles. The Morgan fingerprint density at radius 3 is 3.22 bits per heavy atom. The van der Waals surface area contributed by atoms with Crippen molar-refractivity contribution in [3.63, 3.8) is 0 Å². The molecule has 3 heterocycles. The lowest BCUT2D eigenvalue weighted by atomic mass is 9.67. The molecule has 4 atom stereocenters. The van der Waals surface area contributed by atoms with Crippen molar-refractivity contribution in [2.45, 2.75) is 43.7 Å². The van der Waals surface area contributed by atoms with E-state index in [-0.39, 0.29) is 16.2 Å². The van der Waals surface area contributed by atoms with Gasteiger partial charge in [0, 0.05) is 25.3 Å². The van der Waals surface area contributed by atoms with E-state index < -0.39 is 0 Å². The molecule has 4 heteroatoms. The van der Waals surface area contributed by atoms with Crippen LogP contribution in [0.15, 0.2) is 12.3 Å². The maximum Gasteiger partial charge on any atom is 0.148 e. The third kappa shape index (κ3) is 1.14. The van der Waals surface area contributed by atoms with Gasteiger partial charge in [-0.05, 0) is 18.9 Å². The van der Waals surface area contributed by atoms with E-state index >= 15 is 0 Å². The summed E-state index contributed by atoms with van der Waals surface area (Å²) in [6, 6.07) is 0.205. The van der Waals surface area contributed by atoms with Crippen LogP contribution in [0.4, 0.5) is 0 Å². The number of Topliss-reactive ketones (excluding diaryl/α,β-unsaturated/α-hetero) is 1. The molecule has 0 radical (unpaired) electrons. The Kier molecular flexibility index (Phi) is 2.13. The molecule has 18 heavy (non-hydrogen) atoms. The summed E-state index contributed by atoms with van der Waals surface area (Å²) in [7, 11) is 0. The van der Waals surface area contributed by atoms with Gasteiger partial charge >= 0.3 is 0 Å². The van der Waals surface area contributed by atoms with Crippen molar-refractivity contribution in [2.24, 2.45) is 5.92 Å². The Bertz CT molecular complexity index is 436. The predicted molar refractivity (Wildman–Crippen MR) is 67.3 cm³/mol. The smallest absolute Gasteiger partial charge is 0.148 e. The number of piperazine rings is 1. The number of hydroxylamine groups is 3. The Morgan fingerprint density at radius 2 is 2.33 bits per heavy atom. The molecular weight excluding hydrogens is 228 g/mol. The highest BCUT2D eigenvalue weighted by atomic mass is 16.6. The molecule has 0 amide bonds. The highest BCUT2D eigenvalue weighted by Gasteiger charge is 2.64. The minimum absolute atomic E-state index is 0.147. The monoisotopic (exact) mass is 248 g/mol. The van der Waals surface area contributed by atoms with Gasteiger partial charge in [0.1, 0.15) is 11.3 Å². The molecule has 0 aromatic heterocycles. The van der Waals surface area contributed by atoms with Crippen molar-refractivity contribution >= 4 is 5.78 Å². The third-order valence-corrected chi connectivity index (χ3v) is 5.79. The maximum absolute atomic E-state index is 13.2. The molecule has 0 aromatic rings. The Morgan fingerprint density at radius 1 is 1.44 bits per heavy atom. The summed E-state index contributed by atoms with van der Waals surface area (Å²) >= 11 is 0. The summed E-state index contributed by atoms with van der Waals surface area (Å²) in [5.41, 5.74) is -0.220. The van der Waals surface area contributed by atoms with E-state index in [4.69, 9.17) is 0 Å². The summed E-state index contributed by atoms with van der Waals surface area (Å²) in [5, 5.41) is 13.2. The molecule has 0 bridgehead atoms. The van der Waals surface area contributed by atoms with Gasteiger partial charge in [0.15, 0.2) is 0 Å². The lowest BCUT2D eigenvalue weighted by Gasteiger charge is -2.62. The van der Waals surface area contributed by atoms with Crippen LogP contribution < -0.4 is 0 Å². The van der Waals surface area contributed by atoms with Crippen LogP contribution in [0.2, 0.25) is 0 Å². The van der Waals surface area contributed by atoms with Gasteiger partial charge in [0.25, 0.3) is 0 Å². The second kappa shape index (κ2) is 3.44. The third-order valence-electron chi connectivity index (χ3n) is 5.79. The molecule has 0 N–H and O–H groups in total. The molecule has 3 aliphatic heterocycles. The van der Waals surface area contributed by atoms with Crippen molar-refractivity contribution in [2.75, 3.05) is 19.6 Å². The number of nitrogens with zero attached hydrogens (tertiary/aromatic N) is 2. The number of rotatable bonds is 0. The molecule has 4 unspecified atom stereocenters. The topological polar surface area (TPSA) is 43.4 Å². The van der Waals surface area contributed by atoms with E-state index in [0.717, 1.165) is 25.8 Å². The van der Waals surface area contributed by atoms with E-state index in [2.05, 4.69) is 11.0 Å². The number of carbonyl (C=O) groups is 1. The van der Waals surface area contributed by atoms with Crippen molar-refractivity contribution in [3.8, 4) is 0 Å². The van der Waals surface area contributed by atoms with Gasteiger partial charge in [0.05, 0.1) is 25.3 Å². The second-order valence-electron chi connectivity index (χ2n) is 6.43. The Labute approximate surface area is 107 Å². The average Bonchev–Trinajstić information content (AvgIpc) is 2.88. The number of hydrogen-bond acceptors (Lipinski definition) is 3. The van der Waals surface area contributed by atoms with E-state index in [9.17, 15) is 10.0 Å². The van der Waals surface area contributed by atoms with Gasteiger partial charge in [-0.2, -0.15) is 0 Å². The minimum Gasteiger partial charge on any atom is -0.627 e. The highest BCUT2D eigenvalue weighted by molar-refractivity contribution is 5.83. The van der Waals surface area contributed by atoms with Crippen molar-refractivity contribution in [1.82, 2.24) is 4.90 Å². The van der Waals surface area contributed by atoms with Crippen LogP contribution >= 0.6 is 0 Å². The van der Waals surface area contributed by atoms with Gasteiger partial charge in [-0.3, -0.25) is 9.69 Å². The number of carbonyl (C=O) groups excluding carboxylic acids is 1. The maximum atomic E-state index is 13.2. The first-order valence-electron chi connectivity index (χ1n) is 7.20. The number of fused-ring (bicyclic) bond motifs is 1. The van der Waals surface area contributed by atoms with Crippen LogP contribution in [0.3, 0.4) is 0 Å². The first-order valence-corrected chi connectivity index (χ1v) is 7.20.